The molecular weight excluding hydrogens is 380 g/mol. The zero-order valence-electron chi connectivity index (χ0n) is 17.3. The largest absolute Gasteiger partial charge is 0.322 e. The van der Waals surface area contributed by atoms with E-state index in [1.54, 1.807) is 4.90 Å². The molecular formula is C23H30N4O3. The van der Waals surface area contributed by atoms with E-state index in [0.29, 0.717) is 31.6 Å². The Bertz CT molecular complexity index is 870. The van der Waals surface area contributed by atoms with Crippen LogP contribution in [0.15, 0.2) is 18.2 Å². The van der Waals surface area contributed by atoms with Gasteiger partial charge in [0.05, 0.1) is 0 Å². The number of carbonyl (C=O) groups is 3. The Balaban J connectivity index is 1.26. The Morgan fingerprint density at radius 2 is 2.00 bits per heavy atom. The van der Waals surface area contributed by atoms with Crippen LogP contribution in [-0.2, 0) is 22.7 Å². The topological polar surface area (TPSA) is 90.5 Å². The number of carbonyl (C=O) groups excluding carboxylic acids is 3. The molecule has 5 rings (SSSR count). The first kappa shape index (κ1) is 19.7. The summed E-state index contributed by atoms with van der Waals surface area (Å²) in [5, 5.41) is 9.74. The highest BCUT2D eigenvalue weighted by atomic mass is 16.2. The lowest BCUT2D eigenvalue weighted by atomic mass is 9.77. The average molecular weight is 411 g/mol. The molecule has 3 heterocycles. The Kier molecular flexibility index (Phi) is 5.33. The summed E-state index contributed by atoms with van der Waals surface area (Å²) in [6, 6.07) is 6.61. The summed E-state index contributed by atoms with van der Waals surface area (Å²) in [4.78, 5) is 38.6. The highest BCUT2D eigenvalue weighted by Gasteiger charge is 2.40. The van der Waals surface area contributed by atoms with E-state index in [1.807, 2.05) is 18.2 Å². The Morgan fingerprint density at radius 1 is 1.10 bits per heavy atom. The van der Waals surface area contributed by atoms with Gasteiger partial charge in [0.25, 0.3) is 5.91 Å². The fourth-order valence-corrected chi connectivity index (χ4v) is 5.78. The van der Waals surface area contributed by atoms with Crippen LogP contribution in [0.1, 0.15) is 66.4 Å². The minimum Gasteiger partial charge on any atom is -0.322 e. The number of piperidine rings is 2. The number of nitrogens with one attached hydrogen (secondary N) is 3. The van der Waals surface area contributed by atoms with Gasteiger partial charge in [-0.1, -0.05) is 18.2 Å². The van der Waals surface area contributed by atoms with Gasteiger partial charge in [0.15, 0.2) is 0 Å². The summed E-state index contributed by atoms with van der Waals surface area (Å²) in [6.07, 6.45) is 6.85. The van der Waals surface area contributed by atoms with Gasteiger partial charge in [0, 0.05) is 37.2 Å². The predicted molar refractivity (Wildman–Crippen MR) is 111 cm³/mol. The van der Waals surface area contributed by atoms with Gasteiger partial charge < -0.3 is 15.5 Å². The molecule has 0 spiro atoms. The Morgan fingerprint density at radius 3 is 2.87 bits per heavy atom. The molecule has 1 aromatic carbocycles. The summed E-state index contributed by atoms with van der Waals surface area (Å²) in [6.45, 7) is 2.27. The second kappa shape index (κ2) is 8.12. The number of hydrogen-bond donors (Lipinski definition) is 3. The molecule has 0 radical (unpaired) electrons. The third kappa shape index (κ3) is 3.65. The minimum absolute atomic E-state index is 0.0860. The van der Waals surface area contributed by atoms with Crippen molar-refractivity contribution in [2.75, 3.05) is 6.54 Å². The first-order valence-corrected chi connectivity index (χ1v) is 11.3. The highest BCUT2D eigenvalue weighted by molar-refractivity contribution is 6.05. The first-order chi connectivity index (χ1) is 14.6. The molecule has 7 nitrogen and oxygen atoms in total. The van der Waals surface area contributed by atoms with E-state index in [0.717, 1.165) is 29.2 Å². The number of amides is 3. The fraction of sp³-hybridized carbons (Fsp3) is 0.609. The van der Waals surface area contributed by atoms with E-state index >= 15 is 0 Å². The van der Waals surface area contributed by atoms with E-state index in [1.165, 1.54) is 32.1 Å². The smallest absolute Gasteiger partial charge is 0.255 e. The van der Waals surface area contributed by atoms with Crippen molar-refractivity contribution in [3.05, 3.63) is 34.9 Å². The summed E-state index contributed by atoms with van der Waals surface area (Å²) < 4.78 is 0. The number of hydrogen-bond acceptors (Lipinski definition) is 5. The lowest BCUT2D eigenvalue weighted by molar-refractivity contribution is -0.136. The van der Waals surface area contributed by atoms with Crippen LogP contribution in [0.3, 0.4) is 0 Å². The minimum atomic E-state index is -0.558. The van der Waals surface area contributed by atoms with Gasteiger partial charge in [-0.25, -0.2) is 0 Å². The number of imide groups is 1. The van der Waals surface area contributed by atoms with Gasteiger partial charge in [-0.15, -0.1) is 0 Å². The van der Waals surface area contributed by atoms with Crippen molar-refractivity contribution < 1.29 is 14.4 Å². The Labute approximate surface area is 177 Å². The molecule has 3 amide bonds. The van der Waals surface area contributed by atoms with Gasteiger partial charge in [-0.05, 0) is 62.1 Å². The van der Waals surface area contributed by atoms with Crippen molar-refractivity contribution in [3.8, 4) is 0 Å². The number of benzene rings is 1. The molecule has 3 aliphatic heterocycles. The summed E-state index contributed by atoms with van der Waals surface area (Å²) in [5.74, 6) is 0.0614. The maximum absolute atomic E-state index is 13.2. The molecule has 7 heteroatoms. The van der Waals surface area contributed by atoms with Gasteiger partial charge in [0.2, 0.25) is 11.8 Å². The van der Waals surface area contributed by atoms with Crippen LogP contribution >= 0.6 is 0 Å². The molecule has 3 N–H and O–H groups in total. The number of nitrogens with zero attached hydrogens (tertiary/aromatic N) is 1. The van der Waals surface area contributed by atoms with Crippen molar-refractivity contribution in [2.24, 2.45) is 5.92 Å². The zero-order valence-corrected chi connectivity index (χ0v) is 17.3. The van der Waals surface area contributed by atoms with E-state index in [-0.39, 0.29) is 24.1 Å². The van der Waals surface area contributed by atoms with E-state index in [4.69, 9.17) is 0 Å². The van der Waals surface area contributed by atoms with Crippen LogP contribution in [0.4, 0.5) is 0 Å². The SMILES string of the molecule is O=C1CCC(N2Cc3cccc(CNC4CCC5NCCCC5C4)c3C2=O)C(=O)N1. The molecule has 160 valence electrons. The second-order valence-corrected chi connectivity index (χ2v) is 9.21. The lowest BCUT2D eigenvalue weighted by Gasteiger charge is -2.40. The number of rotatable bonds is 4. The first-order valence-electron chi connectivity index (χ1n) is 11.3. The van der Waals surface area contributed by atoms with Crippen LogP contribution < -0.4 is 16.0 Å². The van der Waals surface area contributed by atoms with Crippen LogP contribution in [0.5, 0.6) is 0 Å². The van der Waals surface area contributed by atoms with Crippen LogP contribution in [0.2, 0.25) is 0 Å². The fourth-order valence-electron chi connectivity index (χ4n) is 5.78. The third-order valence-electron chi connectivity index (χ3n) is 7.36. The molecule has 2 saturated heterocycles. The van der Waals surface area contributed by atoms with Crippen molar-refractivity contribution in [1.82, 2.24) is 20.9 Å². The standard InChI is InChI=1S/C23H30N4O3/c28-20-9-8-19(22(29)26-20)27-13-16-4-1-3-15(21(16)23(27)30)12-25-17-6-7-18-14(11-17)5-2-10-24-18/h1,3-4,14,17-19,24-25H,2,5-13H2,(H,26,28,29). The van der Waals surface area contributed by atoms with Crippen molar-refractivity contribution >= 4 is 17.7 Å². The third-order valence-corrected chi connectivity index (χ3v) is 7.36. The predicted octanol–water partition coefficient (Wildman–Crippen LogP) is 1.46. The van der Waals surface area contributed by atoms with Gasteiger partial charge in [-0.2, -0.15) is 0 Å². The van der Waals surface area contributed by atoms with Crippen molar-refractivity contribution in [3.63, 3.8) is 0 Å². The molecule has 3 fully saturated rings. The zero-order chi connectivity index (χ0) is 20.7. The highest BCUT2D eigenvalue weighted by Crippen LogP contribution is 2.32. The average Bonchev–Trinajstić information content (AvgIpc) is 3.09. The van der Waals surface area contributed by atoms with Gasteiger partial charge in [0.1, 0.15) is 6.04 Å². The summed E-state index contributed by atoms with van der Waals surface area (Å²) >= 11 is 0. The molecule has 30 heavy (non-hydrogen) atoms. The number of fused-ring (bicyclic) bond motifs is 2. The molecule has 4 unspecified atom stereocenters. The second-order valence-electron chi connectivity index (χ2n) is 9.21. The Hall–Kier alpha value is -2.25. The monoisotopic (exact) mass is 410 g/mol. The van der Waals surface area contributed by atoms with Crippen LogP contribution in [0.25, 0.3) is 0 Å². The molecule has 1 saturated carbocycles. The molecule has 1 aromatic rings. The van der Waals surface area contributed by atoms with Gasteiger partial charge in [-0.3, -0.25) is 19.7 Å². The van der Waals surface area contributed by atoms with E-state index in [2.05, 4.69) is 16.0 Å². The van der Waals surface area contributed by atoms with Crippen LogP contribution in [0, 0.1) is 5.92 Å². The molecule has 0 bridgehead atoms. The van der Waals surface area contributed by atoms with Crippen LogP contribution in [-0.4, -0.2) is 47.3 Å². The maximum atomic E-state index is 13.2. The van der Waals surface area contributed by atoms with E-state index in [9.17, 15) is 14.4 Å². The summed E-state index contributed by atoms with van der Waals surface area (Å²) in [5.41, 5.74) is 2.73. The molecule has 4 aliphatic rings. The summed E-state index contributed by atoms with van der Waals surface area (Å²) in [7, 11) is 0. The normalized spacial score (nSPS) is 31.3. The van der Waals surface area contributed by atoms with Crippen molar-refractivity contribution in [2.45, 2.75) is 76.2 Å². The molecule has 0 aromatic heterocycles. The quantitative estimate of drug-likeness (QED) is 0.654. The lowest BCUT2D eigenvalue weighted by Crippen LogP contribution is -2.52. The molecule has 4 atom stereocenters. The van der Waals surface area contributed by atoms with Gasteiger partial charge >= 0.3 is 0 Å². The maximum Gasteiger partial charge on any atom is 0.255 e. The molecule has 1 aliphatic carbocycles. The van der Waals surface area contributed by atoms with Crippen molar-refractivity contribution in [1.29, 1.82) is 0 Å². The van der Waals surface area contributed by atoms with E-state index < -0.39 is 6.04 Å².